The maximum absolute atomic E-state index is 12.1. The van der Waals surface area contributed by atoms with E-state index in [9.17, 15) is 20.1 Å². The van der Waals surface area contributed by atoms with E-state index in [1.807, 2.05) is 0 Å². The molecule has 4 fully saturated rings. The second-order valence-corrected chi connectivity index (χ2v) is 9.67. The van der Waals surface area contributed by atoms with Crippen LogP contribution in [-0.4, -0.2) is 34.5 Å². The summed E-state index contributed by atoms with van der Waals surface area (Å²) in [6, 6.07) is 0. The van der Waals surface area contributed by atoms with Gasteiger partial charge in [0.2, 0.25) is 0 Å². The van der Waals surface area contributed by atoms with Gasteiger partial charge in [-0.3, -0.25) is 4.79 Å². The van der Waals surface area contributed by atoms with Crippen LogP contribution in [0.4, 0.5) is 0 Å². The average Bonchev–Trinajstić information content (AvgIpc) is 2.83. The molecule has 0 aromatic rings. The van der Waals surface area contributed by atoms with Crippen LogP contribution in [0.25, 0.3) is 0 Å². The van der Waals surface area contributed by atoms with Crippen molar-refractivity contribution in [2.45, 2.75) is 64.7 Å². The Bertz CT molecular complexity index is 534. The molecule has 0 radical (unpaired) electrons. The summed E-state index contributed by atoms with van der Waals surface area (Å²) in [5.74, 6) is 1.02. The van der Waals surface area contributed by atoms with Crippen molar-refractivity contribution in [3.63, 3.8) is 0 Å². The summed E-state index contributed by atoms with van der Waals surface area (Å²) in [5, 5.41) is 29.8. The summed E-state index contributed by atoms with van der Waals surface area (Å²) in [7, 11) is 0. The molecule has 0 unspecified atom stereocenters. The molecule has 0 saturated heterocycles. The Kier molecular flexibility index (Phi) is 3.82. The summed E-state index contributed by atoms with van der Waals surface area (Å²) in [6.07, 6.45) is 9.44. The lowest BCUT2D eigenvalue weighted by Crippen LogP contribution is -2.60. The number of hydrogen-bond donors (Lipinski definition) is 3. The molecule has 4 aliphatic carbocycles. The Morgan fingerprint density at radius 3 is 2.50 bits per heavy atom. The molecule has 4 rings (SSSR count). The SMILES string of the molecule is C[C@@]12CCC[C@@](CO)(C(=O)O)[C@H]1CC[C@]13C[C@@H](CO)[C@H](CC[C@@H]12)C3. The molecular formula is C20H32O4. The minimum absolute atomic E-state index is 0.0347. The molecule has 4 saturated carbocycles. The lowest BCUT2D eigenvalue weighted by atomic mass is 9.41. The molecule has 2 bridgehead atoms. The van der Waals surface area contributed by atoms with Crippen molar-refractivity contribution < 1.29 is 20.1 Å². The molecule has 0 heterocycles. The fourth-order valence-electron chi connectivity index (χ4n) is 8.12. The number of hydrogen-bond acceptors (Lipinski definition) is 3. The van der Waals surface area contributed by atoms with E-state index in [0.717, 1.165) is 32.1 Å². The van der Waals surface area contributed by atoms with Crippen molar-refractivity contribution in [2.75, 3.05) is 13.2 Å². The number of aliphatic carboxylic acids is 1. The Balaban J connectivity index is 1.72. The zero-order valence-electron chi connectivity index (χ0n) is 14.8. The maximum atomic E-state index is 12.1. The molecule has 0 aliphatic heterocycles. The van der Waals surface area contributed by atoms with Gasteiger partial charge in [-0.25, -0.2) is 0 Å². The van der Waals surface area contributed by atoms with Gasteiger partial charge in [0.05, 0.1) is 12.0 Å². The molecule has 3 N–H and O–H groups in total. The first-order chi connectivity index (χ1) is 11.4. The van der Waals surface area contributed by atoms with E-state index in [-0.39, 0.29) is 17.9 Å². The topological polar surface area (TPSA) is 77.8 Å². The van der Waals surface area contributed by atoms with E-state index in [2.05, 4.69) is 6.92 Å². The van der Waals surface area contributed by atoms with Gasteiger partial charge in [0.25, 0.3) is 0 Å². The fraction of sp³-hybridized carbons (Fsp3) is 0.950. The van der Waals surface area contributed by atoms with Crippen molar-refractivity contribution in [3.8, 4) is 0 Å². The smallest absolute Gasteiger partial charge is 0.312 e. The van der Waals surface area contributed by atoms with E-state index < -0.39 is 11.4 Å². The summed E-state index contributed by atoms with van der Waals surface area (Å²) in [6.45, 7) is 2.43. The molecule has 0 aromatic heterocycles. The third-order valence-corrected chi connectivity index (χ3v) is 9.04. The standard InChI is InChI=1S/C20H32O4/c1-18-6-2-7-20(12-22,17(23)24)16(18)5-8-19-9-13(3-4-15(18)19)14(10-19)11-21/h13-16,21-22H,2-12H2,1H3,(H,23,24)/t13-,14+,15-,16+,18+,19+,20+/m1/s1. The minimum atomic E-state index is -0.930. The normalized spacial score (nSPS) is 53.3. The summed E-state index contributed by atoms with van der Waals surface area (Å²) in [4.78, 5) is 12.1. The first-order valence-corrected chi connectivity index (χ1v) is 9.87. The van der Waals surface area contributed by atoms with Gasteiger partial charge in [-0.15, -0.1) is 0 Å². The fourth-order valence-corrected chi connectivity index (χ4v) is 8.12. The van der Waals surface area contributed by atoms with Crippen LogP contribution in [0.5, 0.6) is 0 Å². The molecule has 7 atom stereocenters. The van der Waals surface area contributed by atoms with E-state index in [1.54, 1.807) is 0 Å². The van der Waals surface area contributed by atoms with Gasteiger partial charge in [-0.2, -0.15) is 0 Å². The first kappa shape index (κ1) is 16.8. The molecule has 0 amide bonds. The molecule has 4 nitrogen and oxygen atoms in total. The lowest BCUT2D eigenvalue weighted by molar-refractivity contribution is -0.191. The Labute approximate surface area is 144 Å². The predicted octanol–water partition coefficient (Wildman–Crippen LogP) is 3.06. The van der Waals surface area contributed by atoms with Crippen LogP contribution >= 0.6 is 0 Å². The van der Waals surface area contributed by atoms with Crippen molar-refractivity contribution in [1.82, 2.24) is 0 Å². The van der Waals surface area contributed by atoms with Gasteiger partial charge in [-0.05, 0) is 85.9 Å². The van der Waals surface area contributed by atoms with Gasteiger partial charge >= 0.3 is 5.97 Å². The quantitative estimate of drug-likeness (QED) is 0.740. The molecule has 24 heavy (non-hydrogen) atoms. The highest BCUT2D eigenvalue weighted by molar-refractivity contribution is 5.75. The van der Waals surface area contributed by atoms with Crippen molar-refractivity contribution in [3.05, 3.63) is 0 Å². The third kappa shape index (κ3) is 1.96. The van der Waals surface area contributed by atoms with E-state index in [4.69, 9.17) is 0 Å². The van der Waals surface area contributed by atoms with Crippen LogP contribution < -0.4 is 0 Å². The highest BCUT2D eigenvalue weighted by Crippen LogP contribution is 2.72. The second kappa shape index (κ2) is 5.44. The van der Waals surface area contributed by atoms with Crippen molar-refractivity contribution >= 4 is 5.97 Å². The molecule has 4 heteroatoms. The summed E-state index contributed by atoms with van der Waals surface area (Å²) >= 11 is 0. The number of carboxylic acids is 1. The lowest BCUT2D eigenvalue weighted by Gasteiger charge is -2.63. The number of rotatable bonds is 3. The summed E-state index contributed by atoms with van der Waals surface area (Å²) in [5.41, 5.74) is -0.564. The average molecular weight is 336 g/mol. The monoisotopic (exact) mass is 336 g/mol. The van der Waals surface area contributed by atoms with Crippen LogP contribution in [0.1, 0.15) is 64.7 Å². The zero-order chi connectivity index (χ0) is 17.2. The minimum Gasteiger partial charge on any atom is -0.481 e. The molecule has 1 spiro atoms. The molecular weight excluding hydrogens is 304 g/mol. The van der Waals surface area contributed by atoms with Gasteiger partial charge in [0.1, 0.15) is 0 Å². The van der Waals surface area contributed by atoms with Crippen LogP contribution in [0.3, 0.4) is 0 Å². The highest BCUT2D eigenvalue weighted by atomic mass is 16.4. The number of carboxylic acid groups (broad SMARTS) is 1. The largest absolute Gasteiger partial charge is 0.481 e. The van der Waals surface area contributed by atoms with Crippen LogP contribution in [-0.2, 0) is 4.79 Å². The molecule has 0 aromatic carbocycles. The first-order valence-electron chi connectivity index (χ1n) is 9.87. The molecule has 136 valence electrons. The van der Waals surface area contributed by atoms with E-state index in [1.165, 1.54) is 19.3 Å². The van der Waals surface area contributed by atoms with Crippen LogP contribution in [0, 0.1) is 39.9 Å². The van der Waals surface area contributed by atoms with Gasteiger partial charge < -0.3 is 15.3 Å². The Morgan fingerprint density at radius 1 is 1.04 bits per heavy atom. The van der Waals surface area contributed by atoms with Gasteiger partial charge in [0, 0.05) is 6.61 Å². The maximum Gasteiger partial charge on any atom is 0.312 e. The number of fused-ring (bicyclic) bond motifs is 3. The van der Waals surface area contributed by atoms with Crippen LogP contribution in [0.15, 0.2) is 0 Å². The number of aliphatic hydroxyl groups excluding tert-OH is 2. The number of carbonyl (C=O) groups is 1. The third-order valence-electron chi connectivity index (χ3n) is 9.04. The second-order valence-electron chi connectivity index (χ2n) is 9.67. The summed E-state index contributed by atoms with van der Waals surface area (Å²) < 4.78 is 0. The number of aliphatic hydroxyl groups is 2. The predicted molar refractivity (Wildman–Crippen MR) is 90.3 cm³/mol. The van der Waals surface area contributed by atoms with Crippen molar-refractivity contribution in [1.29, 1.82) is 0 Å². The van der Waals surface area contributed by atoms with Crippen LogP contribution in [0.2, 0.25) is 0 Å². The van der Waals surface area contributed by atoms with E-state index in [0.29, 0.717) is 36.2 Å². The van der Waals surface area contributed by atoms with Crippen molar-refractivity contribution in [2.24, 2.45) is 39.9 Å². The zero-order valence-corrected chi connectivity index (χ0v) is 14.8. The Morgan fingerprint density at radius 2 is 1.83 bits per heavy atom. The molecule has 4 aliphatic rings. The van der Waals surface area contributed by atoms with E-state index >= 15 is 0 Å². The van der Waals surface area contributed by atoms with Gasteiger partial charge in [0.15, 0.2) is 0 Å². The van der Waals surface area contributed by atoms with Gasteiger partial charge in [-0.1, -0.05) is 13.3 Å². The Hall–Kier alpha value is -0.610. The highest BCUT2D eigenvalue weighted by Gasteiger charge is 2.66.